The monoisotopic (exact) mass is 285 g/mol. The average molecular weight is 286 g/mol. The third-order valence-corrected chi connectivity index (χ3v) is 3.61. The maximum Gasteiger partial charge on any atom is 0.410 e. The molecule has 0 aromatic rings. The molecule has 0 spiro atoms. The summed E-state index contributed by atoms with van der Waals surface area (Å²) >= 11 is 5.86. The molecule has 0 aromatic carbocycles. The van der Waals surface area contributed by atoms with Crippen LogP contribution in [0.2, 0.25) is 0 Å². The number of carbonyl (C=O) groups excluding carboxylic acids is 1. The molecule has 1 atom stereocenters. The van der Waals surface area contributed by atoms with Crippen molar-refractivity contribution in [2.45, 2.75) is 39.7 Å². The minimum Gasteiger partial charge on any atom is -0.444 e. The Bertz CT molecular complexity index is 453. The second-order valence-corrected chi connectivity index (χ2v) is 6.69. The minimum absolute atomic E-state index is 0.0725. The van der Waals surface area contributed by atoms with Crippen LogP contribution in [-0.4, -0.2) is 47.2 Å². The summed E-state index contributed by atoms with van der Waals surface area (Å²) in [7, 11) is 0. The van der Waals surface area contributed by atoms with Crippen LogP contribution in [-0.2, 0) is 4.74 Å². The number of aliphatic imine (C=N–C) groups is 2. The number of amides is 1. The highest BCUT2D eigenvalue weighted by molar-refractivity contribution is 6.65. The lowest BCUT2D eigenvalue weighted by molar-refractivity contribution is 0.0241. The van der Waals surface area contributed by atoms with Crippen molar-refractivity contribution in [2.24, 2.45) is 15.4 Å². The lowest BCUT2D eigenvalue weighted by Crippen LogP contribution is -2.52. The van der Waals surface area contributed by atoms with Gasteiger partial charge in [0.1, 0.15) is 5.60 Å². The van der Waals surface area contributed by atoms with E-state index >= 15 is 0 Å². The van der Waals surface area contributed by atoms with Crippen molar-refractivity contribution in [1.82, 2.24) is 4.90 Å². The molecular formula is C13H20ClN3O2. The van der Waals surface area contributed by atoms with Gasteiger partial charge in [0.15, 0.2) is 0 Å². The SMILES string of the molecule is CC(C)(C)OC(=O)N1CCC2(C)CN=C(Cl)N=C2C1. The van der Waals surface area contributed by atoms with E-state index in [2.05, 4.69) is 16.9 Å². The Morgan fingerprint density at radius 3 is 2.79 bits per heavy atom. The van der Waals surface area contributed by atoms with Crippen LogP contribution in [0.25, 0.3) is 0 Å². The summed E-state index contributed by atoms with van der Waals surface area (Å²) in [5.74, 6) is 0. The molecule has 1 amide bonds. The number of hydrogen-bond acceptors (Lipinski definition) is 4. The predicted molar refractivity (Wildman–Crippen MR) is 76.1 cm³/mol. The van der Waals surface area contributed by atoms with Crippen molar-refractivity contribution < 1.29 is 9.53 Å². The molecule has 1 saturated heterocycles. The fourth-order valence-corrected chi connectivity index (χ4v) is 2.35. The lowest BCUT2D eigenvalue weighted by Gasteiger charge is -2.41. The highest BCUT2D eigenvalue weighted by Crippen LogP contribution is 2.32. The van der Waals surface area contributed by atoms with E-state index in [0.29, 0.717) is 19.6 Å². The first-order valence-corrected chi connectivity index (χ1v) is 6.83. The third-order valence-electron chi connectivity index (χ3n) is 3.41. The van der Waals surface area contributed by atoms with Crippen molar-refractivity contribution >= 4 is 28.7 Å². The van der Waals surface area contributed by atoms with E-state index in [4.69, 9.17) is 16.3 Å². The molecule has 0 saturated carbocycles. The summed E-state index contributed by atoms with van der Waals surface area (Å²) in [5.41, 5.74) is 0.368. The molecule has 2 aliphatic heterocycles. The van der Waals surface area contributed by atoms with E-state index in [1.54, 1.807) is 4.90 Å². The van der Waals surface area contributed by atoms with Gasteiger partial charge in [-0.25, -0.2) is 9.79 Å². The Labute approximate surface area is 118 Å². The van der Waals surface area contributed by atoms with Gasteiger partial charge >= 0.3 is 6.09 Å². The second-order valence-electron chi connectivity index (χ2n) is 6.36. The molecule has 0 aromatic heterocycles. The molecule has 0 radical (unpaired) electrons. The highest BCUT2D eigenvalue weighted by Gasteiger charge is 2.40. The summed E-state index contributed by atoms with van der Waals surface area (Å²) < 4.78 is 5.39. The molecule has 5 nitrogen and oxygen atoms in total. The first-order valence-electron chi connectivity index (χ1n) is 6.46. The van der Waals surface area contributed by atoms with Gasteiger partial charge in [-0.05, 0) is 38.8 Å². The quantitative estimate of drug-likeness (QED) is 0.643. The largest absolute Gasteiger partial charge is 0.444 e. The van der Waals surface area contributed by atoms with Crippen LogP contribution in [0.5, 0.6) is 0 Å². The molecule has 6 heteroatoms. The number of amidine groups is 1. The standard InChI is InChI=1S/C13H20ClN3O2/c1-12(2,3)19-11(18)17-6-5-13(4)8-15-10(14)16-9(13)7-17/h5-8H2,1-4H3. The lowest BCUT2D eigenvalue weighted by atomic mass is 9.78. The maximum atomic E-state index is 12.1. The van der Waals surface area contributed by atoms with Crippen molar-refractivity contribution in [1.29, 1.82) is 0 Å². The minimum atomic E-state index is -0.481. The van der Waals surface area contributed by atoms with Crippen molar-refractivity contribution in [3.8, 4) is 0 Å². The van der Waals surface area contributed by atoms with Gasteiger partial charge in [0.2, 0.25) is 5.29 Å². The van der Waals surface area contributed by atoms with Gasteiger partial charge in [-0.3, -0.25) is 4.99 Å². The normalized spacial score (nSPS) is 27.3. The Morgan fingerprint density at radius 1 is 1.47 bits per heavy atom. The Morgan fingerprint density at radius 2 is 2.16 bits per heavy atom. The Balaban J connectivity index is 2.09. The molecule has 106 valence electrons. The van der Waals surface area contributed by atoms with Crippen LogP contribution >= 0.6 is 11.6 Å². The summed E-state index contributed by atoms with van der Waals surface area (Å²) in [4.78, 5) is 22.2. The molecule has 2 aliphatic rings. The zero-order chi connectivity index (χ0) is 14.3. The van der Waals surface area contributed by atoms with Gasteiger partial charge in [0.05, 0.1) is 13.1 Å². The average Bonchev–Trinajstić information content (AvgIpc) is 2.27. The van der Waals surface area contributed by atoms with Crippen LogP contribution in [0.4, 0.5) is 4.79 Å². The van der Waals surface area contributed by atoms with Crippen LogP contribution in [0.1, 0.15) is 34.1 Å². The van der Waals surface area contributed by atoms with E-state index in [1.807, 2.05) is 20.8 Å². The van der Waals surface area contributed by atoms with Crippen molar-refractivity contribution in [2.75, 3.05) is 19.6 Å². The third kappa shape index (κ3) is 3.26. The zero-order valence-corrected chi connectivity index (χ0v) is 12.6. The topological polar surface area (TPSA) is 54.3 Å². The van der Waals surface area contributed by atoms with Crippen LogP contribution in [0.15, 0.2) is 9.98 Å². The molecule has 19 heavy (non-hydrogen) atoms. The summed E-state index contributed by atoms with van der Waals surface area (Å²) in [5, 5.41) is 0.276. The predicted octanol–water partition coefficient (Wildman–Crippen LogP) is 2.68. The molecule has 1 fully saturated rings. The number of rotatable bonds is 0. The summed E-state index contributed by atoms with van der Waals surface area (Å²) in [6.45, 7) is 9.48. The highest BCUT2D eigenvalue weighted by atomic mass is 35.5. The van der Waals surface area contributed by atoms with Gasteiger partial charge in [0, 0.05) is 17.7 Å². The van der Waals surface area contributed by atoms with E-state index < -0.39 is 5.60 Å². The van der Waals surface area contributed by atoms with Gasteiger partial charge in [-0.1, -0.05) is 6.92 Å². The number of halogens is 1. The first-order chi connectivity index (χ1) is 8.70. The Hall–Kier alpha value is -1.10. The van der Waals surface area contributed by atoms with E-state index in [0.717, 1.165) is 12.1 Å². The number of fused-ring (bicyclic) bond motifs is 1. The summed E-state index contributed by atoms with van der Waals surface area (Å²) in [6.07, 6.45) is 0.537. The van der Waals surface area contributed by atoms with Gasteiger partial charge < -0.3 is 9.64 Å². The molecule has 0 bridgehead atoms. The molecule has 0 aliphatic carbocycles. The number of carbonyl (C=O) groups is 1. The van der Waals surface area contributed by atoms with Gasteiger partial charge in [-0.2, -0.15) is 0 Å². The number of hydrogen-bond donors (Lipinski definition) is 0. The number of ether oxygens (including phenoxy) is 1. The smallest absolute Gasteiger partial charge is 0.410 e. The molecular weight excluding hydrogens is 266 g/mol. The van der Waals surface area contributed by atoms with Crippen LogP contribution in [0.3, 0.4) is 0 Å². The maximum absolute atomic E-state index is 12.1. The van der Waals surface area contributed by atoms with Crippen molar-refractivity contribution in [3.05, 3.63) is 0 Å². The fraction of sp³-hybridized carbons (Fsp3) is 0.769. The molecule has 1 unspecified atom stereocenters. The van der Waals surface area contributed by atoms with E-state index in [1.165, 1.54) is 0 Å². The number of likely N-dealkylation sites (tertiary alicyclic amines) is 1. The fourth-order valence-electron chi connectivity index (χ4n) is 2.19. The van der Waals surface area contributed by atoms with E-state index in [9.17, 15) is 4.79 Å². The first kappa shape index (κ1) is 14.3. The van der Waals surface area contributed by atoms with Crippen LogP contribution < -0.4 is 0 Å². The molecule has 2 heterocycles. The molecule has 0 N–H and O–H groups in total. The van der Waals surface area contributed by atoms with Crippen LogP contribution in [0, 0.1) is 5.41 Å². The zero-order valence-electron chi connectivity index (χ0n) is 11.9. The van der Waals surface area contributed by atoms with E-state index in [-0.39, 0.29) is 16.8 Å². The van der Waals surface area contributed by atoms with Gasteiger partial charge in [-0.15, -0.1) is 0 Å². The molecule has 2 rings (SSSR count). The van der Waals surface area contributed by atoms with Crippen molar-refractivity contribution in [3.63, 3.8) is 0 Å². The Kier molecular flexibility index (Phi) is 3.60. The number of piperidine rings is 1. The number of nitrogens with zero attached hydrogens (tertiary/aromatic N) is 3. The summed E-state index contributed by atoms with van der Waals surface area (Å²) in [6, 6.07) is 0. The van der Waals surface area contributed by atoms with Gasteiger partial charge in [0.25, 0.3) is 0 Å². The second kappa shape index (κ2) is 4.78.